The van der Waals surface area contributed by atoms with Gasteiger partial charge in [0.05, 0.1) is 5.92 Å². The molecule has 0 aliphatic heterocycles. The summed E-state index contributed by atoms with van der Waals surface area (Å²) in [6.45, 7) is 1.98. The van der Waals surface area contributed by atoms with Crippen molar-refractivity contribution < 1.29 is 9.90 Å². The molecule has 2 aromatic heterocycles. The Bertz CT molecular complexity index is 658. The summed E-state index contributed by atoms with van der Waals surface area (Å²) in [5.74, 6) is 0.00328. The van der Waals surface area contributed by atoms with E-state index in [2.05, 4.69) is 22.1 Å². The number of aliphatic carboxylic acids is 1. The zero-order valence-corrected chi connectivity index (χ0v) is 12.9. The van der Waals surface area contributed by atoms with Gasteiger partial charge in [0.1, 0.15) is 0 Å². The molecule has 0 amide bonds. The molecule has 116 valence electrons. The van der Waals surface area contributed by atoms with Gasteiger partial charge >= 0.3 is 5.97 Å². The number of carboxylic acids is 1. The highest BCUT2D eigenvalue weighted by atomic mass is 16.4. The Labute approximate surface area is 130 Å². The van der Waals surface area contributed by atoms with E-state index in [-0.39, 0.29) is 5.92 Å². The second-order valence-corrected chi connectivity index (χ2v) is 6.24. The highest BCUT2D eigenvalue weighted by Gasteiger charge is 2.31. The molecular formula is C18H22N2O2. The van der Waals surface area contributed by atoms with Crippen molar-refractivity contribution in [2.24, 2.45) is 11.8 Å². The molecule has 0 aromatic carbocycles. The maximum Gasteiger partial charge on any atom is 0.306 e. The predicted molar refractivity (Wildman–Crippen MR) is 85.7 cm³/mol. The van der Waals surface area contributed by atoms with Crippen LogP contribution in [0.1, 0.15) is 50.5 Å². The number of nitrogens with zero attached hydrogens (tertiary/aromatic N) is 2. The highest BCUT2D eigenvalue weighted by molar-refractivity contribution is 5.78. The third-order valence-corrected chi connectivity index (χ3v) is 5.09. The minimum absolute atomic E-state index is 0.184. The van der Waals surface area contributed by atoms with Crippen LogP contribution in [0.3, 0.4) is 0 Å². The molecule has 0 spiro atoms. The number of hydrogen-bond donors (Lipinski definition) is 1. The molecule has 0 bridgehead atoms. The third kappa shape index (κ3) is 2.82. The van der Waals surface area contributed by atoms with Crippen molar-refractivity contribution in [2.75, 3.05) is 0 Å². The quantitative estimate of drug-likeness (QED) is 0.926. The van der Waals surface area contributed by atoms with Crippen LogP contribution in [-0.2, 0) is 4.79 Å². The molecule has 1 aliphatic carbocycles. The van der Waals surface area contributed by atoms with Gasteiger partial charge in [0.2, 0.25) is 0 Å². The van der Waals surface area contributed by atoms with Gasteiger partial charge in [0.25, 0.3) is 0 Å². The van der Waals surface area contributed by atoms with Crippen LogP contribution in [0, 0.1) is 11.8 Å². The van der Waals surface area contributed by atoms with Gasteiger partial charge in [-0.25, -0.2) is 9.97 Å². The zero-order chi connectivity index (χ0) is 15.5. The smallest absolute Gasteiger partial charge is 0.306 e. The van der Waals surface area contributed by atoms with Crippen molar-refractivity contribution in [3.63, 3.8) is 0 Å². The van der Waals surface area contributed by atoms with E-state index in [1.807, 2.05) is 19.2 Å². The number of aromatic nitrogens is 2. The number of carboxylic acid groups (broad SMARTS) is 1. The molecule has 0 saturated heterocycles. The van der Waals surface area contributed by atoms with Gasteiger partial charge in [-0.1, -0.05) is 6.92 Å². The largest absolute Gasteiger partial charge is 0.481 e. The van der Waals surface area contributed by atoms with E-state index in [0.29, 0.717) is 11.8 Å². The molecule has 4 heteroatoms. The first-order chi connectivity index (χ1) is 10.7. The lowest BCUT2D eigenvalue weighted by Gasteiger charge is -2.32. The van der Waals surface area contributed by atoms with Crippen molar-refractivity contribution in [1.82, 2.24) is 9.97 Å². The van der Waals surface area contributed by atoms with Crippen LogP contribution >= 0.6 is 0 Å². The van der Waals surface area contributed by atoms with Crippen LogP contribution in [0.15, 0.2) is 30.6 Å². The van der Waals surface area contributed by atoms with E-state index >= 15 is 0 Å². The van der Waals surface area contributed by atoms with Crippen molar-refractivity contribution in [3.8, 4) is 0 Å². The fraction of sp³-hybridized carbons (Fsp3) is 0.500. The first-order valence-corrected chi connectivity index (χ1v) is 8.13. The summed E-state index contributed by atoms with van der Waals surface area (Å²) >= 11 is 0. The van der Waals surface area contributed by atoms with E-state index in [1.165, 1.54) is 5.56 Å². The molecule has 1 fully saturated rings. The van der Waals surface area contributed by atoms with Crippen molar-refractivity contribution >= 4 is 17.0 Å². The van der Waals surface area contributed by atoms with Gasteiger partial charge in [0.15, 0.2) is 5.65 Å². The molecule has 0 radical (unpaired) electrons. The number of hydrogen-bond acceptors (Lipinski definition) is 3. The number of pyridine rings is 2. The Hall–Kier alpha value is -1.97. The number of fused-ring (bicyclic) bond motifs is 1. The van der Waals surface area contributed by atoms with Crippen molar-refractivity contribution in [2.45, 2.75) is 44.9 Å². The third-order valence-electron chi connectivity index (χ3n) is 5.09. The Morgan fingerprint density at radius 1 is 1.23 bits per heavy atom. The van der Waals surface area contributed by atoms with Crippen molar-refractivity contribution in [3.05, 3.63) is 36.2 Å². The molecule has 4 nitrogen and oxygen atoms in total. The molecule has 1 atom stereocenters. The normalized spacial score (nSPS) is 23.3. The minimum Gasteiger partial charge on any atom is -0.481 e. The highest BCUT2D eigenvalue weighted by Crippen LogP contribution is 2.41. The summed E-state index contributed by atoms with van der Waals surface area (Å²) in [6.07, 6.45) is 8.45. The molecule has 1 saturated carbocycles. The molecule has 1 aliphatic rings. The van der Waals surface area contributed by atoms with E-state index in [9.17, 15) is 9.90 Å². The molecule has 1 N–H and O–H groups in total. The number of carbonyl (C=O) groups is 1. The van der Waals surface area contributed by atoms with Crippen LogP contribution in [-0.4, -0.2) is 21.0 Å². The lowest BCUT2D eigenvalue weighted by atomic mass is 9.73. The summed E-state index contributed by atoms with van der Waals surface area (Å²) in [6, 6.07) is 6.14. The standard InChI is InChI=1S/C18H22N2O2/c1-2-14(18(21)22)12-5-7-13(8-6-12)15-9-11-20-17-16(15)4-3-10-19-17/h3-4,9-14H,2,5-8H2,1H3,(H,21,22). The van der Waals surface area contributed by atoms with E-state index in [1.54, 1.807) is 6.20 Å². The molecule has 22 heavy (non-hydrogen) atoms. The SMILES string of the molecule is CCC(C(=O)O)C1CCC(c2ccnc3ncccc23)CC1. The minimum atomic E-state index is -0.635. The molecule has 2 aromatic rings. The molecule has 2 heterocycles. The lowest BCUT2D eigenvalue weighted by Crippen LogP contribution is -2.26. The second kappa shape index (κ2) is 6.42. The Kier molecular flexibility index (Phi) is 4.36. The number of rotatable bonds is 4. The van der Waals surface area contributed by atoms with Crippen LogP contribution in [0.25, 0.3) is 11.0 Å². The van der Waals surface area contributed by atoms with Gasteiger partial charge in [-0.05, 0) is 67.7 Å². The fourth-order valence-electron chi connectivity index (χ4n) is 3.90. The van der Waals surface area contributed by atoms with Gasteiger partial charge in [-0.15, -0.1) is 0 Å². The first-order valence-electron chi connectivity index (χ1n) is 8.13. The maximum absolute atomic E-state index is 11.3. The second-order valence-electron chi connectivity index (χ2n) is 6.24. The lowest BCUT2D eigenvalue weighted by molar-refractivity contribution is -0.144. The molecule has 1 unspecified atom stereocenters. The molecule has 3 rings (SSSR count). The van der Waals surface area contributed by atoms with Gasteiger partial charge < -0.3 is 5.11 Å². The Morgan fingerprint density at radius 3 is 2.64 bits per heavy atom. The van der Waals surface area contributed by atoms with E-state index in [0.717, 1.165) is 43.1 Å². The average molecular weight is 298 g/mol. The average Bonchev–Trinajstić information content (AvgIpc) is 2.55. The van der Waals surface area contributed by atoms with E-state index < -0.39 is 5.97 Å². The molecular weight excluding hydrogens is 276 g/mol. The van der Waals surface area contributed by atoms with Crippen LogP contribution in [0.4, 0.5) is 0 Å². The van der Waals surface area contributed by atoms with Crippen LogP contribution in [0.2, 0.25) is 0 Å². The summed E-state index contributed by atoms with van der Waals surface area (Å²) in [4.78, 5) is 20.0. The Morgan fingerprint density at radius 2 is 1.95 bits per heavy atom. The predicted octanol–water partition coefficient (Wildman–Crippen LogP) is 4.01. The summed E-state index contributed by atoms with van der Waals surface area (Å²) in [7, 11) is 0. The van der Waals surface area contributed by atoms with Gasteiger partial charge in [-0.2, -0.15) is 0 Å². The summed E-state index contributed by atoms with van der Waals surface area (Å²) < 4.78 is 0. The fourth-order valence-corrected chi connectivity index (χ4v) is 3.90. The summed E-state index contributed by atoms with van der Waals surface area (Å²) in [5, 5.41) is 10.5. The Balaban J connectivity index is 1.77. The van der Waals surface area contributed by atoms with E-state index in [4.69, 9.17) is 0 Å². The first kappa shape index (κ1) is 14.9. The maximum atomic E-state index is 11.3. The van der Waals surface area contributed by atoms with Gasteiger partial charge in [-0.3, -0.25) is 4.79 Å². The van der Waals surface area contributed by atoms with Crippen LogP contribution < -0.4 is 0 Å². The summed E-state index contributed by atoms with van der Waals surface area (Å²) in [5.41, 5.74) is 2.12. The topological polar surface area (TPSA) is 63.1 Å². The zero-order valence-electron chi connectivity index (χ0n) is 12.9. The van der Waals surface area contributed by atoms with Crippen molar-refractivity contribution in [1.29, 1.82) is 0 Å². The van der Waals surface area contributed by atoms with Crippen LogP contribution in [0.5, 0.6) is 0 Å². The monoisotopic (exact) mass is 298 g/mol. The van der Waals surface area contributed by atoms with Gasteiger partial charge in [0, 0.05) is 17.8 Å².